The summed E-state index contributed by atoms with van der Waals surface area (Å²) < 4.78 is 5.33. The van der Waals surface area contributed by atoms with Crippen LogP contribution in [-0.4, -0.2) is 18.2 Å². The van der Waals surface area contributed by atoms with Gasteiger partial charge >= 0.3 is 0 Å². The molecule has 1 amide bonds. The van der Waals surface area contributed by atoms with E-state index in [1.165, 1.54) is 6.92 Å². The Labute approximate surface area is 95.3 Å². The first-order chi connectivity index (χ1) is 7.63. The van der Waals surface area contributed by atoms with E-state index in [1.54, 1.807) is 0 Å². The molecule has 0 fully saturated rings. The van der Waals surface area contributed by atoms with Crippen molar-refractivity contribution in [3.8, 4) is 5.75 Å². The van der Waals surface area contributed by atoms with Crippen molar-refractivity contribution < 1.29 is 9.53 Å². The van der Waals surface area contributed by atoms with Crippen LogP contribution in [0.1, 0.15) is 26.3 Å². The van der Waals surface area contributed by atoms with Crippen LogP contribution >= 0.6 is 0 Å². The Hall–Kier alpha value is -1.84. The quantitative estimate of drug-likeness (QED) is 0.622. The van der Waals surface area contributed by atoms with Crippen molar-refractivity contribution in [2.24, 2.45) is 5.10 Å². The van der Waals surface area contributed by atoms with Crippen LogP contribution in [0.3, 0.4) is 0 Å². The fourth-order valence-electron chi connectivity index (χ4n) is 1.19. The van der Waals surface area contributed by atoms with E-state index in [4.69, 9.17) is 4.74 Å². The number of benzene rings is 1. The molecule has 0 atom stereocenters. The predicted molar refractivity (Wildman–Crippen MR) is 63.6 cm³/mol. The summed E-state index contributed by atoms with van der Waals surface area (Å²) in [6.07, 6.45) is 0. The van der Waals surface area contributed by atoms with Gasteiger partial charge in [0.05, 0.1) is 12.3 Å². The molecule has 1 aromatic carbocycles. The molecule has 1 rings (SSSR count). The molecular formula is C12H16N2O2. The summed E-state index contributed by atoms with van der Waals surface area (Å²) in [6, 6.07) is 7.58. The van der Waals surface area contributed by atoms with Gasteiger partial charge in [-0.05, 0) is 43.7 Å². The molecule has 0 heterocycles. The number of hydrazone groups is 1. The predicted octanol–water partition coefficient (Wildman–Crippen LogP) is 1.95. The molecule has 0 aliphatic heterocycles. The molecule has 4 heteroatoms. The van der Waals surface area contributed by atoms with Gasteiger partial charge in [0.15, 0.2) is 0 Å². The second-order valence-electron chi connectivity index (χ2n) is 3.32. The molecule has 1 N–H and O–H groups in total. The molecule has 0 aliphatic rings. The highest BCUT2D eigenvalue weighted by molar-refractivity contribution is 5.99. The van der Waals surface area contributed by atoms with Gasteiger partial charge in [-0.1, -0.05) is 0 Å². The number of carbonyl (C=O) groups is 1. The van der Waals surface area contributed by atoms with Crippen molar-refractivity contribution in [3.63, 3.8) is 0 Å². The zero-order chi connectivity index (χ0) is 12.0. The lowest BCUT2D eigenvalue weighted by molar-refractivity contribution is -0.118. The minimum atomic E-state index is -0.176. The Morgan fingerprint density at radius 2 is 1.94 bits per heavy atom. The van der Waals surface area contributed by atoms with E-state index < -0.39 is 0 Å². The van der Waals surface area contributed by atoms with Crippen molar-refractivity contribution in [1.29, 1.82) is 0 Å². The first-order valence-electron chi connectivity index (χ1n) is 5.17. The zero-order valence-corrected chi connectivity index (χ0v) is 9.78. The summed E-state index contributed by atoms with van der Waals surface area (Å²) >= 11 is 0. The number of nitrogens with zero attached hydrogens (tertiary/aromatic N) is 1. The number of ether oxygens (including phenoxy) is 1. The van der Waals surface area contributed by atoms with E-state index in [0.29, 0.717) is 6.61 Å². The van der Waals surface area contributed by atoms with E-state index in [1.807, 2.05) is 38.1 Å². The molecule has 0 unspecified atom stereocenters. The van der Waals surface area contributed by atoms with Crippen molar-refractivity contribution in [2.45, 2.75) is 20.8 Å². The van der Waals surface area contributed by atoms with Crippen LogP contribution < -0.4 is 10.2 Å². The van der Waals surface area contributed by atoms with Gasteiger partial charge in [0, 0.05) is 6.92 Å². The van der Waals surface area contributed by atoms with Crippen LogP contribution in [0.4, 0.5) is 0 Å². The average Bonchev–Trinajstić information content (AvgIpc) is 2.27. The van der Waals surface area contributed by atoms with Gasteiger partial charge < -0.3 is 4.74 Å². The third-order valence-corrected chi connectivity index (χ3v) is 1.96. The van der Waals surface area contributed by atoms with Crippen LogP contribution in [0.2, 0.25) is 0 Å². The van der Waals surface area contributed by atoms with Crippen molar-refractivity contribution in [2.75, 3.05) is 6.61 Å². The number of carbonyl (C=O) groups excluding carboxylic acids is 1. The lowest BCUT2D eigenvalue weighted by Gasteiger charge is -2.04. The molecule has 86 valence electrons. The van der Waals surface area contributed by atoms with Gasteiger partial charge in [0.2, 0.25) is 5.91 Å². The Morgan fingerprint density at radius 1 is 1.31 bits per heavy atom. The first kappa shape index (κ1) is 12.2. The number of amides is 1. The summed E-state index contributed by atoms with van der Waals surface area (Å²) in [5.74, 6) is 0.656. The monoisotopic (exact) mass is 220 g/mol. The molecule has 4 nitrogen and oxygen atoms in total. The summed E-state index contributed by atoms with van der Waals surface area (Å²) in [7, 11) is 0. The van der Waals surface area contributed by atoms with E-state index in [-0.39, 0.29) is 5.91 Å². The third kappa shape index (κ3) is 3.73. The topological polar surface area (TPSA) is 50.7 Å². The van der Waals surface area contributed by atoms with Crippen LogP contribution in [0.15, 0.2) is 29.4 Å². The maximum atomic E-state index is 10.7. The standard InChI is InChI=1S/C12H16N2O2/c1-4-16-12-7-5-11(6-8-12)9(2)13-14-10(3)15/h5-8H,4H2,1-3H3,(H,14,15). The molecule has 0 saturated heterocycles. The number of rotatable bonds is 4. The largest absolute Gasteiger partial charge is 0.494 e. The van der Waals surface area contributed by atoms with Gasteiger partial charge in [-0.15, -0.1) is 0 Å². The maximum Gasteiger partial charge on any atom is 0.236 e. The van der Waals surface area contributed by atoms with Gasteiger partial charge in [0.1, 0.15) is 5.75 Å². The van der Waals surface area contributed by atoms with Crippen LogP contribution in [0.5, 0.6) is 5.75 Å². The molecule has 0 saturated carbocycles. The second-order valence-corrected chi connectivity index (χ2v) is 3.32. The molecule has 0 bridgehead atoms. The first-order valence-corrected chi connectivity index (χ1v) is 5.17. The number of hydrogen-bond donors (Lipinski definition) is 1. The average molecular weight is 220 g/mol. The lowest BCUT2D eigenvalue weighted by atomic mass is 10.1. The Bertz CT molecular complexity index is 383. The molecule has 16 heavy (non-hydrogen) atoms. The van der Waals surface area contributed by atoms with Crippen LogP contribution in [-0.2, 0) is 4.79 Å². The fraction of sp³-hybridized carbons (Fsp3) is 0.333. The third-order valence-electron chi connectivity index (χ3n) is 1.96. The summed E-state index contributed by atoms with van der Waals surface area (Å²) in [5.41, 5.74) is 4.12. The normalized spacial score (nSPS) is 11.1. The SMILES string of the molecule is CCOc1ccc(C(C)=NNC(C)=O)cc1. The van der Waals surface area contributed by atoms with Gasteiger partial charge in [-0.3, -0.25) is 4.79 Å². The molecule has 0 radical (unpaired) electrons. The number of hydrogen-bond acceptors (Lipinski definition) is 3. The highest BCUT2D eigenvalue weighted by Gasteiger charge is 1.98. The summed E-state index contributed by atoms with van der Waals surface area (Å²) in [5, 5.41) is 3.95. The van der Waals surface area contributed by atoms with Crippen molar-refractivity contribution >= 4 is 11.6 Å². The minimum Gasteiger partial charge on any atom is -0.494 e. The Kier molecular flexibility index (Phi) is 4.51. The maximum absolute atomic E-state index is 10.7. The van der Waals surface area contributed by atoms with E-state index >= 15 is 0 Å². The highest BCUT2D eigenvalue weighted by Crippen LogP contribution is 2.12. The Morgan fingerprint density at radius 3 is 2.44 bits per heavy atom. The lowest BCUT2D eigenvalue weighted by Crippen LogP contribution is -2.14. The Balaban J connectivity index is 2.73. The van der Waals surface area contributed by atoms with Crippen LogP contribution in [0, 0.1) is 0 Å². The summed E-state index contributed by atoms with van der Waals surface area (Å²) in [4.78, 5) is 10.7. The van der Waals surface area contributed by atoms with Gasteiger partial charge in [-0.25, -0.2) is 5.43 Å². The van der Waals surface area contributed by atoms with Crippen LogP contribution in [0.25, 0.3) is 0 Å². The van der Waals surface area contributed by atoms with Gasteiger partial charge in [-0.2, -0.15) is 5.10 Å². The van der Waals surface area contributed by atoms with E-state index in [9.17, 15) is 4.79 Å². The molecule has 0 spiro atoms. The number of nitrogens with one attached hydrogen (secondary N) is 1. The minimum absolute atomic E-state index is 0.176. The molecule has 0 aromatic heterocycles. The van der Waals surface area contributed by atoms with Crippen molar-refractivity contribution in [1.82, 2.24) is 5.43 Å². The van der Waals surface area contributed by atoms with Gasteiger partial charge in [0.25, 0.3) is 0 Å². The van der Waals surface area contributed by atoms with Crippen molar-refractivity contribution in [3.05, 3.63) is 29.8 Å². The molecular weight excluding hydrogens is 204 g/mol. The summed E-state index contributed by atoms with van der Waals surface area (Å²) in [6.45, 7) is 5.86. The fourth-order valence-corrected chi connectivity index (χ4v) is 1.19. The zero-order valence-electron chi connectivity index (χ0n) is 9.78. The molecule has 0 aliphatic carbocycles. The smallest absolute Gasteiger partial charge is 0.236 e. The highest BCUT2D eigenvalue weighted by atomic mass is 16.5. The second kappa shape index (κ2) is 5.90. The molecule has 1 aromatic rings. The van der Waals surface area contributed by atoms with E-state index in [2.05, 4.69) is 10.5 Å². The van der Waals surface area contributed by atoms with E-state index in [0.717, 1.165) is 17.0 Å².